The maximum Gasteiger partial charge on any atom is 0.289 e. The van der Waals surface area contributed by atoms with Gasteiger partial charge >= 0.3 is 0 Å². The Morgan fingerprint density at radius 1 is 1.10 bits per heavy atom. The van der Waals surface area contributed by atoms with Crippen LogP contribution in [0.25, 0.3) is 10.9 Å². The number of carbonyl (C=O) groups excluding carboxylic acids is 1. The monoisotopic (exact) mass is 419 g/mol. The van der Waals surface area contributed by atoms with Crippen molar-refractivity contribution in [1.29, 1.82) is 0 Å². The molecule has 1 saturated heterocycles. The van der Waals surface area contributed by atoms with Gasteiger partial charge in [0, 0.05) is 31.6 Å². The van der Waals surface area contributed by atoms with Gasteiger partial charge in [-0.25, -0.2) is 4.98 Å². The Hall–Kier alpha value is -3.20. The first-order valence-corrected chi connectivity index (χ1v) is 8.88. The second-order valence-electron chi connectivity index (χ2n) is 6.36. The topological polar surface area (TPSA) is 107 Å². The number of nitrogens with two attached hydrogens (primary N) is 1. The first-order valence-electron chi connectivity index (χ1n) is 8.88. The number of methoxy groups -OCH3 is 2. The molecule has 0 unspecified atom stereocenters. The molecule has 1 amide bonds. The third-order valence-corrected chi connectivity index (χ3v) is 4.81. The number of carbonyl (C=O) groups is 1. The average molecular weight is 420 g/mol. The van der Waals surface area contributed by atoms with Crippen molar-refractivity contribution in [2.45, 2.75) is 0 Å². The molecule has 1 aromatic carbocycles. The Kier molecular flexibility index (Phi) is 5.97. The molecule has 4 rings (SSSR count). The third-order valence-electron chi connectivity index (χ3n) is 4.81. The first kappa shape index (κ1) is 20.5. The Morgan fingerprint density at radius 3 is 2.48 bits per heavy atom. The summed E-state index contributed by atoms with van der Waals surface area (Å²) in [5.41, 5.74) is 6.76. The number of hydrogen-bond acceptors (Lipinski definition) is 8. The molecule has 3 heterocycles. The van der Waals surface area contributed by atoms with Gasteiger partial charge in [0.1, 0.15) is 11.3 Å². The first-order chi connectivity index (χ1) is 13.6. The van der Waals surface area contributed by atoms with Crippen LogP contribution in [-0.2, 0) is 0 Å². The summed E-state index contributed by atoms with van der Waals surface area (Å²) in [6.07, 6.45) is 1.50. The highest BCUT2D eigenvalue weighted by atomic mass is 35.5. The van der Waals surface area contributed by atoms with E-state index < -0.39 is 0 Å². The lowest BCUT2D eigenvalue weighted by Gasteiger charge is -2.34. The SMILES string of the molecule is COc1ccc2c(N)nc(N3CCN(C(=O)c4ccco4)CC3)nc2c1OC.Cl. The number of nitrogen functional groups attached to an aromatic ring is 1. The van der Waals surface area contributed by atoms with Crippen LogP contribution in [0.2, 0.25) is 0 Å². The highest BCUT2D eigenvalue weighted by molar-refractivity contribution is 5.95. The number of furan rings is 1. The Morgan fingerprint density at radius 2 is 1.86 bits per heavy atom. The van der Waals surface area contributed by atoms with Gasteiger partial charge < -0.3 is 29.4 Å². The summed E-state index contributed by atoms with van der Waals surface area (Å²) in [6, 6.07) is 6.97. The summed E-state index contributed by atoms with van der Waals surface area (Å²) in [5.74, 6) is 2.19. The maximum atomic E-state index is 12.4. The van der Waals surface area contributed by atoms with Crippen LogP contribution < -0.4 is 20.1 Å². The Labute approximate surface area is 173 Å². The number of nitrogens with zero attached hydrogens (tertiary/aromatic N) is 4. The number of aromatic nitrogens is 2. The van der Waals surface area contributed by atoms with Gasteiger partial charge in [-0.3, -0.25) is 4.79 Å². The average Bonchev–Trinajstić information content (AvgIpc) is 3.27. The highest BCUT2D eigenvalue weighted by Gasteiger charge is 2.26. The smallest absolute Gasteiger partial charge is 0.289 e. The van der Waals surface area contributed by atoms with Crippen molar-refractivity contribution < 1.29 is 18.7 Å². The highest BCUT2D eigenvalue weighted by Crippen LogP contribution is 2.36. The minimum absolute atomic E-state index is 0. The van der Waals surface area contributed by atoms with Crippen LogP contribution in [0, 0.1) is 0 Å². The molecule has 0 saturated carbocycles. The van der Waals surface area contributed by atoms with E-state index >= 15 is 0 Å². The number of benzene rings is 1. The zero-order chi connectivity index (χ0) is 19.7. The molecule has 0 aliphatic carbocycles. The molecule has 0 atom stereocenters. The van der Waals surface area contributed by atoms with Crippen LogP contribution in [0.5, 0.6) is 11.5 Å². The lowest BCUT2D eigenvalue weighted by molar-refractivity contribution is 0.0714. The number of rotatable bonds is 4. The van der Waals surface area contributed by atoms with Gasteiger partial charge in [0.25, 0.3) is 5.91 Å². The lowest BCUT2D eigenvalue weighted by Crippen LogP contribution is -2.49. The molecular formula is C19H22ClN5O4. The van der Waals surface area contributed by atoms with Gasteiger partial charge in [-0.15, -0.1) is 12.4 Å². The summed E-state index contributed by atoms with van der Waals surface area (Å²) in [6.45, 7) is 2.25. The van der Waals surface area contributed by atoms with Crippen LogP contribution >= 0.6 is 12.4 Å². The van der Waals surface area contributed by atoms with Gasteiger partial charge in [0.2, 0.25) is 5.95 Å². The van der Waals surface area contributed by atoms with Crippen LogP contribution in [-0.4, -0.2) is 61.2 Å². The van der Waals surface area contributed by atoms with E-state index in [1.807, 2.05) is 11.0 Å². The Balaban J connectivity index is 0.00000240. The summed E-state index contributed by atoms with van der Waals surface area (Å²) in [4.78, 5) is 25.3. The predicted octanol–water partition coefficient (Wildman–Crippen LogP) is 2.21. The van der Waals surface area contributed by atoms with E-state index in [1.165, 1.54) is 6.26 Å². The number of amides is 1. The zero-order valence-electron chi connectivity index (χ0n) is 16.1. The van der Waals surface area contributed by atoms with Crippen molar-refractivity contribution in [3.8, 4) is 11.5 Å². The van der Waals surface area contributed by atoms with Crippen molar-refractivity contribution >= 4 is 41.0 Å². The number of piperazine rings is 1. The summed E-state index contributed by atoms with van der Waals surface area (Å²) in [5, 5.41) is 0.702. The molecule has 0 radical (unpaired) electrons. The molecule has 2 N–H and O–H groups in total. The molecule has 1 fully saturated rings. The minimum atomic E-state index is -0.116. The van der Waals surface area contributed by atoms with Crippen molar-refractivity contribution in [2.24, 2.45) is 0 Å². The van der Waals surface area contributed by atoms with Crippen LogP contribution in [0.15, 0.2) is 34.9 Å². The molecule has 1 aliphatic rings. The molecule has 0 spiro atoms. The second kappa shape index (κ2) is 8.44. The molecule has 9 nitrogen and oxygen atoms in total. The lowest BCUT2D eigenvalue weighted by atomic mass is 10.2. The van der Waals surface area contributed by atoms with Gasteiger partial charge in [-0.2, -0.15) is 4.98 Å². The van der Waals surface area contributed by atoms with E-state index in [1.54, 1.807) is 37.3 Å². The normalized spacial score (nSPS) is 13.9. The fourth-order valence-corrected chi connectivity index (χ4v) is 3.33. The number of anilines is 2. The van der Waals surface area contributed by atoms with Crippen molar-refractivity contribution in [3.05, 3.63) is 36.3 Å². The summed E-state index contributed by atoms with van der Waals surface area (Å²) >= 11 is 0. The molecule has 29 heavy (non-hydrogen) atoms. The fraction of sp³-hybridized carbons (Fsp3) is 0.316. The van der Waals surface area contributed by atoms with Gasteiger partial charge in [-0.05, 0) is 24.3 Å². The molecule has 2 aromatic heterocycles. The third kappa shape index (κ3) is 3.73. The summed E-state index contributed by atoms with van der Waals surface area (Å²) in [7, 11) is 3.14. The minimum Gasteiger partial charge on any atom is -0.493 e. The van der Waals surface area contributed by atoms with Gasteiger partial charge in [-0.1, -0.05) is 0 Å². The van der Waals surface area contributed by atoms with Crippen LogP contribution in [0.3, 0.4) is 0 Å². The van der Waals surface area contributed by atoms with E-state index in [-0.39, 0.29) is 18.3 Å². The maximum absolute atomic E-state index is 12.4. The second-order valence-corrected chi connectivity index (χ2v) is 6.36. The van der Waals surface area contributed by atoms with Crippen molar-refractivity contribution in [3.63, 3.8) is 0 Å². The zero-order valence-corrected chi connectivity index (χ0v) is 16.9. The quantitative estimate of drug-likeness (QED) is 0.685. The largest absolute Gasteiger partial charge is 0.493 e. The number of halogens is 1. The molecule has 154 valence electrons. The molecule has 0 bridgehead atoms. The molecule has 3 aromatic rings. The van der Waals surface area contributed by atoms with Crippen LogP contribution in [0.4, 0.5) is 11.8 Å². The molecule has 1 aliphatic heterocycles. The van der Waals surface area contributed by atoms with E-state index in [0.29, 0.717) is 66.1 Å². The molecule has 10 heteroatoms. The number of ether oxygens (including phenoxy) is 2. The standard InChI is InChI=1S/C19H21N5O4.ClH/c1-26-13-6-5-12-15(16(13)27-2)21-19(22-17(12)20)24-9-7-23(8-10-24)18(25)14-4-3-11-28-14;/h3-6,11H,7-10H2,1-2H3,(H2,20,21,22);1H. The van der Waals surface area contributed by atoms with Gasteiger partial charge in [0.05, 0.1) is 20.5 Å². The van der Waals surface area contributed by atoms with Crippen LogP contribution in [0.1, 0.15) is 10.6 Å². The number of hydrogen-bond donors (Lipinski definition) is 1. The van der Waals surface area contributed by atoms with Crippen molar-refractivity contribution in [2.75, 3.05) is 51.0 Å². The van der Waals surface area contributed by atoms with E-state index in [2.05, 4.69) is 9.97 Å². The van der Waals surface area contributed by atoms with Gasteiger partial charge in [0.15, 0.2) is 17.3 Å². The van der Waals surface area contributed by atoms with Crippen molar-refractivity contribution in [1.82, 2.24) is 14.9 Å². The fourth-order valence-electron chi connectivity index (χ4n) is 3.33. The summed E-state index contributed by atoms with van der Waals surface area (Å²) < 4.78 is 16.0. The van der Waals surface area contributed by atoms with E-state index in [0.717, 1.165) is 0 Å². The number of fused-ring (bicyclic) bond motifs is 1. The Bertz CT molecular complexity index is 1000. The van der Waals surface area contributed by atoms with E-state index in [4.69, 9.17) is 19.6 Å². The predicted molar refractivity (Wildman–Crippen MR) is 111 cm³/mol. The molecular weight excluding hydrogens is 398 g/mol. The van der Waals surface area contributed by atoms with E-state index in [9.17, 15) is 4.79 Å².